The van der Waals surface area contributed by atoms with Crippen LogP contribution in [-0.4, -0.2) is 29.2 Å². The number of hydrogen-bond donors (Lipinski definition) is 0. The molecule has 0 saturated heterocycles. The molecule has 0 heterocycles. The van der Waals surface area contributed by atoms with Gasteiger partial charge in [0.1, 0.15) is 0 Å². The SMILES string of the molecule is CCOC(=O)C(Cc1ccccc1)([N+](=O)[O-])C(F)(F)F. The third kappa shape index (κ3) is 2.89. The van der Waals surface area contributed by atoms with Crippen molar-refractivity contribution >= 4 is 5.97 Å². The molecule has 1 aromatic carbocycles. The number of nitro groups is 1. The molecule has 0 saturated carbocycles. The van der Waals surface area contributed by atoms with E-state index in [2.05, 4.69) is 4.74 Å². The second-order valence-electron chi connectivity index (χ2n) is 4.00. The van der Waals surface area contributed by atoms with E-state index >= 15 is 0 Å². The van der Waals surface area contributed by atoms with Crippen LogP contribution in [-0.2, 0) is 16.0 Å². The molecule has 110 valence electrons. The maximum Gasteiger partial charge on any atom is 0.472 e. The average Bonchev–Trinajstić information content (AvgIpc) is 2.35. The number of nitrogens with zero attached hydrogens (tertiary/aromatic N) is 1. The molecule has 0 radical (unpaired) electrons. The molecule has 0 aliphatic heterocycles. The molecule has 1 aromatic rings. The Bertz CT molecular complexity index is 489. The van der Waals surface area contributed by atoms with Gasteiger partial charge in [-0.1, -0.05) is 30.3 Å². The maximum absolute atomic E-state index is 13.1. The molecular weight excluding hydrogens is 279 g/mol. The van der Waals surface area contributed by atoms with Crippen LogP contribution >= 0.6 is 0 Å². The van der Waals surface area contributed by atoms with Crippen molar-refractivity contribution in [2.75, 3.05) is 6.61 Å². The normalized spacial score (nSPS) is 14.4. The molecule has 8 heteroatoms. The predicted molar refractivity (Wildman–Crippen MR) is 62.6 cm³/mol. The highest BCUT2D eigenvalue weighted by molar-refractivity contribution is 5.81. The highest BCUT2D eigenvalue weighted by Crippen LogP contribution is 2.37. The van der Waals surface area contributed by atoms with E-state index in [-0.39, 0.29) is 12.2 Å². The van der Waals surface area contributed by atoms with E-state index in [0.29, 0.717) is 0 Å². The summed E-state index contributed by atoms with van der Waals surface area (Å²) in [7, 11) is 0. The Kier molecular flexibility index (Phi) is 4.69. The third-order valence-electron chi connectivity index (χ3n) is 2.70. The summed E-state index contributed by atoms with van der Waals surface area (Å²) in [5.74, 6) is -1.90. The Morgan fingerprint density at radius 1 is 1.30 bits per heavy atom. The molecule has 0 amide bonds. The molecular formula is C12H12F3NO4. The number of rotatable bonds is 5. The number of ether oxygens (including phenoxy) is 1. The fourth-order valence-corrected chi connectivity index (χ4v) is 1.67. The predicted octanol–water partition coefficient (Wildman–Crippen LogP) is 2.37. The fourth-order valence-electron chi connectivity index (χ4n) is 1.67. The van der Waals surface area contributed by atoms with Crippen molar-refractivity contribution in [2.24, 2.45) is 0 Å². The first-order chi connectivity index (χ1) is 9.25. The maximum atomic E-state index is 13.1. The number of alkyl halides is 3. The monoisotopic (exact) mass is 291 g/mol. The van der Waals surface area contributed by atoms with Gasteiger partial charge in [-0.15, -0.1) is 0 Å². The van der Waals surface area contributed by atoms with Crippen LogP contribution in [0.1, 0.15) is 12.5 Å². The summed E-state index contributed by atoms with van der Waals surface area (Å²) in [6.45, 7) is 0.904. The van der Waals surface area contributed by atoms with E-state index in [9.17, 15) is 28.1 Å². The molecule has 0 spiro atoms. The van der Waals surface area contributed by atoms with Crippen molar-refractivity contribution in [3.8, 4) is 0 Å². The van der Waals surface area contributed by atoms with E-state index in [0.717, 1.165) is 0 Å². The molecule has 1 atom stereocenters. The molecule has 1 rings (SSSR count). The summed E-state index contributed by atoms with van der Waals surface area (Å²) in [6.07, 6.45) is -6.47. The number of benzene rings is 1. The number of hydrogen-bond acceptors (Lipinski definition) is 4. The molecule has 1 unspecified atom stereocenters. The van der Waals surface area contributed by atoms with Crippen LogP contribution in [0.5, 0.6) is 0 Å². The molecule has 0 aliphatic carbocycles. The van der Waals surface area contributed by atoms with Crippen molar-refractivity contribution in [2.45, 2.75) is 25.1 Å². The minimum atomic E-state index is -5.36. The van der Waals surface area contributed by atoms with Crippen molar-refractivity contribution in [3.05, 3.63) is 46.0 Å². The smallest absolute Gasteiger partial charge is 0.460 e. The molecule has 20 heavy (non-hydrogen) atoms. The Balaban J connectivity index is 3.31. The summed E-state index contributed by atoms with van der Waals surface area (Å²) in [4.78, 5) is 20.9. The van der Waals surface area contributed by atoms with Gasteiger partial charge in [-0.2, -0.15) is 13.2 Å². The van der Waals surface area contributed by atoms with Gasteiger partial charge in [0.25, 0.3) is 0 Å². The molecule has 0 aliphatic rings. The molecule has 0 N–H and O–H groups in total. The van der Waals surface area contributed by atoms with Crippen LogP contribution in [0.25, 0.3) is 0 Å². The van der Waals surface area contributed by atoms with Gasteiger partial charge in [0.05, 0.1) is 13.0 Å². The lowest BCUT2D eigenvalue weighted by Gasteiger charge is -2.25. The Morgan fingerprint density at radius 3 is 2.25 bits per heavy atom. The molecule has 0 aromatic heterocycles. The lowest BCUT2D eigenvalue weighted by Crippen LogP contribution is -2.60. The number of carbonyl (C=O) groups is 1. The van der Waals surface area contributed by atoms with Gasteiger partial charge in [0.2, 0.25) is 0 Å². The van der Waals surface area contributed by atoms with E-state index in [1.165, 1.54) is 31.2 Å². The fraction of sp³-hybridized carbons (Fsp3) is 0.417. The van der Waals surface area contributed by atoms with Crippen LogP contribution in [0.15, 0.2) is 30.3 Å². The lowest BCUT2D eigenvalue weighted by atomic mass is 9.90. The first-order valence-electron chi connectivity index (χ1n) is 5.68. The summed E-state index contributed by atoms with van der Waals surface area (Å²) in [5, 5.41) is 11.0. The third-order valence-corrected chi connectivity index (χ3v) is 2.70. The second-order valence-corrected chi connectivity index (χ2v) is 4.00. The van der Waals surface area contributed by atoms with Crippen molar-refractivity contribution < 1.29 is 27.6 Å². The van der Waals surface area contributed by atoms with E-state index in [1.807, 2.05) is 0 Å². The van der Waals surface area contributed by atoms with Gasteiger partial charge >= 0.3 is 17.7 Å². The van der Waals surface area contributed by atoms with Crippen molar-refractivity contribution in [1.29, 1.82) is 0 Å². The Hall–Kier alpha value is -2.12. The zero-order chi connectivity index (χ0) is 15.4. The van der Waals surface area contributed by atoms with Crippen LogP contribution in [0.4, 0.5) is 13.2 Å². The summed E-state index contributed by atoms with van der Waals surface area (Å²) < 4.78 is 43.7. The zero-order valence-electron chi connectivity index (χ0n) is 10.5. The van der Waals surface area contributed by atoms with Gasteiger partial charge in [-0.05, 0) is 12.5 Å². The minimum absolute atomic E-state index is 0.0228. The summed E-state index contributed by atoms with van der Waals surface area (Å²) in [6, 6.07) is 6.98. The molecule has 0 fully saturated rings. The molecule has 5 nitrogen and oxygen atoms in total. The number of esters is 1. The molecule has 0 bridgehead atoms. The van der Waals surface area contributed by atoms with Gasteiger partial charge in [0.15, 0.2) is 0 Å². The van der Waals surface area contributed by atoms with Crippen molar-refractivity contribution in [1.82, 2.24) is 0 Å². The van der Waals surface area contributed by atoms with Gasteiger partial charge < -0.3 is 4.74 Å². The minimum Gasteiger partial charge on any atom is -0.460 e. The number of halogens is 3. The van der Waals surface area contributed by atoms with Gasteiger partial charge in [-0.3, -0.25) is 10.1 Å². The summed E-state index contributed by atoms with van der Waals surface area (Å²) in [5.41, 5.74) is -3.76. The van der Waals surface area contributed by atoms with E-state index < -0.39 is 29.0 Å². The van der Waals surface area contributed by atoms with Crippen LogP contribution in [0.2, 0.25) is 0 Å². The topological polar surface area (TPSA) is 69.4 Å². The second kappa shape index (κ2) is 5.89. The van der Waals surface area contributed by atoms with E-state index in [4.69, 9.17) is 0 Å². The van der Waals surface area contributed by atoms with Crippen LogP contribution in [0, 0.1) is 10.1 Å². The highest BCUT2D eigenvalue weighted by Gasteiger charge is 2.72. The van der Waals surface area contributed by atoms with E-state index in [1.54, 1.807) is 6.07 Å². The Morgan fingerprint density at radius 2 is 1.85 bits per heavy atom. The zero-order valence-corrected chi connectivity index (χ0v) is 10.5. The first kappa shape index (κ1) is 15.9. The van der Waals surface area contributed by atoms with Crippen molar-refractivity contribution in [3.63, 3.8) is 0 Å². The quantitative estimate of drug-likeness (QED) is 0.474. The standard InChI is InChI=1S/C12H12F3NO4/c1-2-20-10(17)11(16(18)19,12(13,14)15)8-9-6-4-3-5-7-9/h3-7H,2,8H2,1H3. The average molecular weight is 291 g/mol. The lowest BCUT2D eigenvalue weighted by molar-refractivity contribution is -0.596. The largest absolute Gasteiger partial charge is 0.472 e. The van der Waals surface area contributed by atoms with Crippen LogP contribution in [0.3, 0.4) is 0 Å². The first-order valence-corrected chi connectivity index (χ1v) is 5.68. The summed E-state index contributed by atoms with van der Waals surface area (Å²) >= 11 is 0. The Labute approximate surface area is 112 Å². The van der Waals surface area contributed by atoms with Gasteiger partial charge in [0, 0.05) is 4.92 Å². The highest BCUT2D eigenvalue weighted by atomic mass is 19.4. The van der Waals surface area contributed by atoms with Gasteiger partial charge in [-0.25, -0.2) is 4.79 Å². The number of carbonyl (C=O) groups excluding carboxylic acids is 1. The van der Waals surface area contributed by atoms with Crippen LogP contribution < -0.4 is 0 Å².